The molecule has 0 amide bonds. The van der Waals surface area contributed by atoms with E-state index < -0.39 is 0 Å². The van der Waals surface area contributed by atoms with E-state index in [-0.39, 0.29) is 0 Å². The maximum absolute atomic E-state index is 6.03. The number of thiazole rings is 1. The van der Waals surface area contributed by atoms with Crippen molar-refractivity contribution >= 4 is 17.0 Å². The summed E-state index contributed by atoms with van der Waals surface area (Å²) in [6.45, 7) is 10.8. The van der Waals surface area contributed by atoms with Gasteiger partial charge in [-0.05, 0) is 51.7 Å². The Morgan fingerprint density at radius 3 is 2.79 bits per heavy atom. The lowest BCUT2D eigenvalue weighted by atomic mass is 9.99. The number of oxime groups is 1. The first kappa shape index (κ1) is 21.2. The first-order valence-corrected chi connectivity index (χ1v) is 10.9. The fourth-order valence-electron chi connectivity index (χ4n) is 2.91. The van der Waals surface area contributed by atoms with Crippen molar-refractivity contribution in [1.82, 2.24) is 15.0 Å². The van der Waals surface area contributed by atoms with E-state index in [1.807, 2.05) is 39.1 Å². The Kier molecular flexibility index (Phi) is 7.14. The zero-order valence-electron chi connectivity index (χ0n) is 17.7. The predicted octanol–water partition coefficient (Wildman–Crippen LogP) is 6.04. The molecule has 0 spiro atoms. The first-order chi connectivity index (χ1) is 14.0. The molecule has 7 heteroatoms. The van der Waals surface area contributed by atoms with E-state index in [4.69, 9.17) is 14.2 Å². The summed E-state index contributed by atoms with van der Waals surface area (Å²) in [6.07, 6.45) is 6.56. The van der Waals surface area contributed by atoms with Crippen molar-refractivity contribution in [3.8, 4) is 21.3 Å². The Balaban J connectivity index is 1.91. The average molecular weight is 413 g/mol. The number of oxazole rings is 1. The number of rotatable bonds is 9. The average Bonchev–Trinajstić information content (AvgIpc) is 3.31. The number of nitrogens with zero attached hydrogens (tertiary/aromatic N) is 4. The normalized spacial score (nSPS) is 12.9. The summed E-state index contributed by atoms with van der Waals surface area (Å²) < 4.78 is 6.03. The number of aryl methyl sites for hydroxylation is 2. The minimum atomic E-state index is 0.527. The molecule has 0 N–H and O–H groups in total. The van der Waals surface area contributed by atoms with Gasteiger partial charge in [0.05, 0.1) is 5.69 Å². The van der Waals surface area contributed by atoms with Gasteiger partial charge >= 0.3 is 0 Å². The summed E-state index contributed by atoms with van der Waals surface area (Å²) in [5.41, 5.74) is 3.49. The van der Waals surface area contributed by atoms with Crippen LogP contribution in [0.5, 0.6) is 0 Å². The molecule has 3 aromatic heterocycles. The fourth-order valence-corrected chi connectivity index (χ4v) is 3.89. The molecule has 0 fully saturated rings. The van der Waals surface area contributed by atoms with Gasteiger partial charge in [-0.25, -0.2) is 9.97 Å². The maximum Gasteiger partial charge on any atom is 0.239 e. The van der Waals surface area contributed by atoms with Gasteiger partial charge in [-0.15, -0.1) is 11.3 Å². The highest BCUT2D eigenvalue weighted by Gasteiger charge is 2.21. The van der Waals surface area contributed by atoms with Gasteiger partial charge in [-0.1, -0.05) is 25.4 Å². The Hall–Kier alpha value is -2.54. The third-order valence-electron chi connectivity index (χ3n) is 4.84. The zero-order valence-corrected chi connectivity index (χ0v) is 18.5. The molecule has 0 aliphatic rings. The van der Waals surface area contributed by atoms with Crippen molar-refractivity contribution in [3.63, 3.8) is 0 Å². The SMILES string of the molecule is CCO/N=C(\CCC(C)CC)c1nc(-c2sc(-c3cccnc3)nc2C)oc1C. The molecule has 1 unspecified atom stereocenters. The van der Waals surface area contributed by atoms with E-state index in [1.165, 1.54) is 0 Å². The van der Waals surface area contributed by atoms with Gasteiger partial charge in [-0.2, -0.15) is 0 Å². The molecule has 1 atom stereocenters. The van der Waals surface area contributed by atoms with Gasteiger partial charge < -0.3 is 9.25 Å². The fraction of sp³-hybridized carbons (Fsp3) is 0.455. The van der Waals surface area contributed by atoms with E-state index in [9.17, 15) is 0 Å². The third kappa shape index (κ3) is 5.09. The molecule has 0 aromatic carbocycles. The van der Waals surface area contributed by atoms with E-state index in [2.05, 4.69) is 29.0 Å². The van der Waals surface area contributed by atoms with Crippen LogP contribution >= 0.6 is 11.3 Å². The molecular weight excluding hydrogens is 384 g/mol. The molecule has 6 nitrogen and oxygen atoms in total. The Morgan fingerprint density at radius 1 is 1.28 bits per heavy atom. The van der Waals surface area contributed by atoms with Crippen LogP contribution in [0.1, 0.15) is 57.2 Å². The molecule has 3 heterocycles. The standard InChI is InChI=1S/C22H28N4O2S/c1-6-14(3)10-11-18(26-27-7-2)19-16(5)28-21(25-19)20-15(4)24-22(29-20)17-9-8-12-23-13-17/h8-9,12-14H,6-7,10-11H2,1-5H3/b26-18+. The summed E-state index contributed by atoms with van der Waals surface area (Å²) >= 11 is 1.56. The molecule has 0 saturated carbocycles. The van der Waals surface area contributed by atoms with Crippen molar-refractivity contribution in [2.24, 2.45) is 11.1 Å². The van der Waals surface area contributed by atoms with Crippen LogP contribution in [-0.4, -0.2) is 27.3 Å². The number of pyridine rings is 1. The number of aromatic nitrogens is 3. The van der Waals surface area contributed by atoms with Gasteiger partial charge in [-0.3, -0.25) is 4.98 Å². The second-order valence-electron chi connectivity index (χ2n) is 7.11. The van der Waals surface area contributed by atoms with Crippen LogP contribution in [0.3, 0.4) is 0 Å². The lowest BCUT2D eigenvalue weighted by Crippen LogP contribution is -2.07. The summed E-state index contributed by atoms with van der Waals surface area (Å²) in [5.74, 6) is 1.95. The van der Waals surface area contributed by atoms with Gasteiger partial charge in [0.1, 0.15) is 33.7 Å². The van der Waals surface area contributed by atoms with Crippen LogP contribution in [0, 0.1) is 19.8 Å². The lowest BCUT2D eigenvalue weighted by Gasteiger charge is -2.09. The van der Waals surface area contributed by atoms with Crippen molar-refractivity contribution < 1.29 is 9.25 Å². The Labute approximate surface area is 176 Å². The van der Waals surface area contributed by atoms with Crippen LogP contribution in [0.25, 0.3) is 21.3 Å². The highest BCUT2D eigenvalue weighted by molar-refractivity contribution is 7.18. The van der Waals surface area contributed by atoms with E-state index in [0.717, 1.165) is 57.6 Å². The molecule has 0 aliphatic carbocycles. The number of hydrogen-bond acceptors (Lipinski definition) is 7. The largest absolute Gasteiger partial charge is 0.440 e. The van der Waals surface area contributed by atoms with Gasteiger partial charge in [0.2, 0.25) is 5.89 Å². The second-order valence-corrected chi connectivity index (χ2v) is 8.11. The van der Waals surface area contributed by atoms with Crippen molar-refractivity contribution in [3.05, 3.63) is 41.7 Å². The second kappa shape index (κ2) is 9.78. The molecule has 0 aliphatic heterocycles. The van der Waals surface area contributed by atoms with E-state index in [1.54, 1.807) is 17.5 Å². The number of hydrogen-bond donors (Lipinski definition) is 0. The smallest absolute Gasteiger partial charge is 0.239 e. The predicted molar refractivity (Wildman–Crippen MR) is 117 cm³/mol. The van der Waals surface area contributed by atoms with Crippen LogP contribution in [0.2, 0.25) is 0 Å². The molecule has 154 valence electrons. The van der Waals surface area contributed by atoms with Crippen LogP contribution < -0.4 is 0 Å². The highest BCUT2D eigenvalue weighted by Crippen LogP contribution is 2.35. The van der Waals surface area contributed by atoms with Crippen LogP contribution in [0.4, 0.5) is 0 Å². The van der Waals surface area contributed by atoms with Gasteiger partial charge in [0.15, 0.2) is 0 Å². The lowest BCUT2D eigenvalue weighted by molar-refractivity contribution is 0.158. The molecular formula is C22H28N4O2S. The van der Waals surface area contributed by atoms with E-state index >= 15 is 0 Å². The molecule has 0 bridgehead atoms. The maximum atomic E-state index is 6.03. The summed E-state index contributed by atoms with van der Waals surface area (Å²) in [7, 11) is 0. The quantitative estimate of drug-likeness (QED) is 0.316. The summed E-state index contributed by atoms with van der Waals surface area (Å²) in [6, 6.07) is 3.91. The molecule has 29 heavy (non-hydrogen) atoms. The van der Waals surface area contributed by atoms with Gasteiger partial charge in [0, 0.05) is 18.0 Å². The van der Waals surface area contributed by atoms with Crippen molar-refractivity contribution in [2.45, 2.75) is 53.9 Å². The molecule has 0 radical (unpaired) electrons. The van der Waals surface area contributed by atoms with Gasteiger partial charge in [0.25, 0.3) is 0 Å². The van der Waals surface area contributed by atoms with Crippen molar-refractivity contribution in [1.29, 1.82) is 0 Å². The first-order valence-electron chi connectivity index (χ1n) is 10.1. The topological polar surface area (TPSA) is 73.4 Å². The molecule has 0 saturated heterocycles. The highest BCUT2D eigenvalue weighted by atomic mass is 32.1. The monoisotopic (exact) mass is 412 g/mol. The van der Waals surface area contributed by atoms with Crippen LogP contribution in [0.15, 0.2) is 34.1 Å². The zero-order chi connectivity index (χ0) is 20.8. The minimum Gasteiger partial charge on any atom is -0.440 e. The third-order valence-corrected chi connectivity index (χ3v) is 6.04. The summed E-state index contributed by atoms with van der Waals surface area (Å²) in [5, 5.41) is 5.24. The minimum absolute atomic E-state index is 0.527. The molecule has 3 rings (SSSR count). The Morgan fingerprint density at radius 2 is 2.10 bits per heavy atom. The van der Waals surface area contributed by atoms with Crippen molar-refractivity contribution in [2.75, 3.05) is 6.61 Å². The Bertz CT molecular complexity index is 963. The summed E-state index contributed by atoms with van der Waals surface area (Å²) in [4.78, 5) is 19.9. The van der Waals surface area contributed by atoms with Crippen LogP contribution in [-0.2, 0) is 4.84 Å². The molecule has 3 aromatic rings. The van der Waals surface area contributed by atoms with E-state index in [0.29, 0.717) is 18.4 Å².